The van der Waals surface area contributed by atoms with E-state index in [4.69, 9.17) is 16.3 Å². The van der Waals surface area contributed by atoms with Crippen LogP contribution in [0.3, 0.4) is 0 Å². The van der Waals surface area contributed by atoms with Gasteiger partial charge in [0.2, 0.25) is 0 Å². The summed E-state index contributed by atoms with van der Waals surface area (Å²) in [7, 11) is 3.48. The quantitative estimate of drug-likeness (QED) is 0.358. The summed E-state index contributed by atoms with van der Waals surface area (Å²) in [6.07, 6.45) is 0.892. The van der Waals surface area contributed by atoms with Crippen LogP contribution in [0, 0.1) is 0 Å². The highest BCUT2D eigenvalue weighted by atomic mass is 35.5. The van der Waals surface area contributed by atoms with Crippen molar-refractivity contribution >= 4 is 23.2 Å². The molecule has 0 bridgehead atoms. The molecule has 26 heavy (non-hydrogen) atoms. The second-order valence-electron chi connectivity index (χ2n) is 5.85. The molecule has 2 rings (SSSR count). The van der Waals surface area contributed by atoms with E-state index in [1.165, 1.54) is 11.1 Å². The molecule has 0 unspecified atom stereocenters. The molecule has 0 aliphatic heterocycles. The number of benzene rings is 2. The van der Waals surface area contributed by atoms with E-state index in [0.717, 1.165) is 42.7 Å². The number of methoxy groups -OCH3 is 1. The Balaban J connectivity index is 1.72. The van der Waals surface area contributed by atoms with Gasteiger partial charge in [-0.3, -0.25) is 4.99 Å². The van der Waals surface area contributed by atoms with Crippen molar-refractivity contribution in [3.63, 3.8) is 0 Å². The van der Waals surface area contributed by atoms with Gasteiger partial charge in [0.1, 0.15) is 0 Å². The van der Waals surface area contributed by atoms with Gasteiger partial charge in [-0.2, -0.15) is 0 Å². The molecule has 0 amide bonds. The summed E-state index contributed by atoms with van der Waals surface area (Å²) in [6, 6.07) is 16.3. The molecule has 2 aromatic carbocycles. The topological polar surface area (TPSA) is 57.7 Å². The van der Waals surface area contributed by atoms with Gasteiger partial charge < -0.3 is 20.7 Å². The number of halogens is 1. The Bertz CT molecular complexity index is 688. The summed E-state index contributed by atoms with van der Waals surface area (Å²) in [5.74, 6) is 0.786. The summed E-state index contributed by atoms with van der Waals surface area (Å²) >= 11 is 6.01. The SMILES string of the molecule is CN=C(NCCc1cccc(Cl)c1)NCc1ccc(NCCOC)cc1. The molecule has 0 saturated heterocycles. The Morgan fingerprint density at radius 3 is 2.54 bits per heavy atom. The highest BCUT2D eigenvalue weighted by Crippen LogP contribution is 2.11. The second-order valence-corrected chi connectivity index (χ2v) is 6.29. The number of nitrogens with zero attached hydrogens (tertiary/aromatic N) is 1. The van der Waals surface area contributed by atoms with Crippen LogP contribution in [0.1, 0.15) is 11.1 Å². The van der Waals surface area contributed by atoms with Crippen molar-refractivity contribution in [2.24, 2.45) is 4.99 Å². The molecule has 0 spiro atoms. The molecule has 6 heteroatoms. The van der Waals surface area contributed by atoms with Crippen LogP contribution in [0.15, 0.2) is 53.5 Å². The van der Waals surface area contributed by atoms with Gasteiger partial charge in [0.25, 0.3) is 0 Å². The molecular weight excluding hydrogens is 348 g/mol. The third kappa shape index (κ3) is 7.33. The van der Waals surface area contributed by atoms with Gasteiger partial charge in [0.05, 0.1) is 6.61 Å². The Morgan fingerprint density at radius 2 is 1.85 bits per heavy atom. The van der Waals surface area contributed by atoms with Crippen molar-refractivity contribution < 1.29 is 4.74 Å². The lowest BCUT2D eigenvalue weighted by molar-refractivity contribution is 0.211. The second kappa shape index (κ2) is 11.4. The largest absolute Gasteiger partial charge is 0.383 e. The fraction of sp³-hybridized carbons (Fsp3) is 0.350. The van der Waals surface area contributed by atoms with Gasteiger partial charge >= 0.3 is 0 Å². The summed E-state index contributed by atoms with van der Waals surface area (Å²) in [6.45, 7) is 3.01. The van der Waals surface area contributed by atoms with Gasteiger partial charge in [0.15, 0.2) is 5.96 Å². The van der Waals surface area contributed by atoms with Crippen molar-refractivity contribution in [2.75, 3.05) is 39.2 Å². The number of hydrogen-bond donors (Lipinski definition) is 3. The van der Waals surface area contributed by atoms with Crippen molar-refractivity contribution in [1.29, 1.82) is 0 Å². The number of aliphatic imine (C=N–C) groups is 1. The number of nitrogens with one attached hydrogen (secondary N) is 3. The minimum Gasteiger partial charge on any atom is -0.383 e. The third-order valence-electron chi connectivity index (χ3n) is 3.87. The zero-order chi connectivity index (χ0) is 18.6. The fourth-order valence-corrected chi connectivity index (χ4v) is 2.67. The Morgan fingerprint density at radius 1 is 1.04 bits per heavy atom. The maximum atomic E-state index is 6.01. The standard InChI is InChI=1S/C20H27ClN4O/c1-22-20(24-11-10-16-4-3-5-18(21)14-16)25-15-17-6-8-19(9-7-17)23-12-13-26-2/h3-9,14,23H,10-13,15H2,1-2H3,(H2,22,24,25). The van der Waals surface area contributed by atoms with Crippen LogP contribution in [-0.2, 0) is 17.7 Å². The number of guanidine groups is 1. The first-order valence-corrected chi connectivity index (χ1v) is 9.10. The molecule has 140 valence electrons. The molecule has 0 heterocycles. The van der Waals surface area contributed by atoms with Crippen LogP contribution in [0.4, 0.5) is 5.69 Å². The van der Waals surface area contributed by atoms with Crippen molar-refractivity contribution in [2.45, 2.75) is 13.0 Å². The van der Waals surface area contributed by atoms with Crippen LogP contribution in [0.2, 0.25) is 5.02 Å². The highest BCUT2D eigenvalue weighted by molar-refractivity contribution is 6.30. The van der Waals surface area contributed by atoms with E-state index in [0.29, 0.717) is 6.61 Å². The molecule has 0 radical (unpaired) electrons. The molecule has 0 aliphatic rings. The molecule has 0 atom stereocenters. The van der Waals surface area contributed by atoms with E-state index < -0.39 is 0 Å². The van der Waals surface area contributed by atoms with Crippen LogP contribution in [0.5, 0.6) is 0 Å². The molecule has 0 aromatic heterocycles. The molecular formula is C20H27ClN4O. The van der Waals surface area contributed by atoms with Crippen LogP contribution in [0.25, 0.3) is 0 Å². The predicted octanol–water partition coefficient (Wildman–Crippen LogP) is 3.31. The summed E-state index contributed by atoms with van der Waals surface area (Å²) in [5, 5.41) is 10.7. The molecule has 0 fully saturated rings. The maximum Gasteiger partial charge on any atom is 0.191 e. The van der Waals surface area contributed by atoms with Crippen molar-refractivity contribution in [3.8, 4) is 0 Å². The van der Waals surface area contributed by atoms with Gasteiger partial charge in [0, 0.05) is 44.5 Å². The number of hydrogen-bond acceptors (Lipinski definition) is 3. The first kappa shape index (κ1) is 20.1. The van der Waals surface area contributed by atoms with Crippen molar-refractivity contribution in [3.05, 3.63) is 64.7 Å². The van der Waals surface area contributed by atoms with Crippen LogP contribution in [-0.4, -0.2) is 39.8 Å². The van der Waals surface area contributed by atoms with E-state index in [1.807, 2.05) is 18.2 Å². The minimum atomic E-state index is 0.695. The lowest BCUT2D eigenvalue weighted by Gasteiger charge is -2.12. The van der Waals surface area contributed by atoms with Crippen molar-refractivity contribution in [1.82, 2.24) is 10.6 Å². The van der Waals surface area contributed by atoms with E-state index in [9.17, 15) is 0 Å². The Hall–Kier alpha value is -2.24. The fourth-order valence-electron chi connectivity index (χ4n) is 2.46. The lowest BCUT2D eigenvalue weighted by Crippen LogP contribution is -2.37. The molecule has 3 N–H and O–H groups in total. The summed E-state index contributed by atoms with van der Waals surface area (Å²) in [4.78, 5) is 4.26. The highest BCUT2D eigenvalue weighted by Gasteiger charge is 2.00. The van der Waals surface area contributed by atoms with Gasteiger partial charge in [-0.25, -0.2) is 0 Å². The van der Waals surface area contributed by atoms with E-state index in [1.54, 1.807) is 14.2 Å². The minimum absolute atomic E-state index is 0.695. The zero-order valence-electron chi connectivity index (χ0n) is 15.4. The Kier molecular flexibility index (Phi) is 8.79. The van der Waals surface area contributed by atoms with Crippen LogP contribution >= 0.6 is 11.6 Å². The molecule has 0 aliphatic carbocycles. The van der Waals surface area contributed by atoms with E-state index >= 15 is 0 Å². The average Bonchev–Trinajstić information content (AvgIpc) is 2.66. The average molecular weight is 375 g/mol. The summed E-state index contributed by atoms with van der Waals surface area (Å²) in [5.41, 5.74) is 3.49. The first-order chi connectivity index (χ1) is 12.7. The molecule has 2 aromatic rings. The Labute approximate surface area is 160 Å². The van der Waals surface area contributed by atoms with Gasteiger partial charge in [-0.15, -0.1) is 0 Å². The number of rotatable bonds is 9. The normalized spacial score (nSPS) is 11.3. The third-order valence-corrected chi connectivity index (χ3v) is 4.10. The van der Waals surface area contributed by atoms with Gasteiger partial charge in [-0.05, 0) is 41.8 Å². The van der Waals surface area contributed by atoms with E-state index in [-0.39, 0.29) is 0 Å². The van der Waals surface area contributed by atoms with E-state index in [2.05, 4.69) is 51.3 Å². The number of ether oxygens (including phenoxy) is 1. The van der Waals surface area contributed by atoms with Gasteiger partial charge in [-0.1, -0.05) is 35.9 Å². The first-order valence-electron chi connectivity index (χ1n) is 8.72. The smallest absolute Gasteiger partial charge is 0.191 e. The summed E-state index contributed by atoms with van der Waals surface area (Å²) < 4.78 is 5.03. The molecule has 0 saturated carbocycles. The molecule has 5 nitrogen and oxygen atoms in total. The maximum absolute atomic E-state index is 6.01. The van der Waals surface area contributed by atoms with Crippen LogP contribution < -0.4 is 16.0 Å². The lowest BCUT2D eigenvalue weighted by atomic mass is 10.1. The zero-order valence-corrected chi connectivity index (χ0v) is 16.1. The monoisotopic (exact) mass is 374 g/mol. The number of anilines is 1. The predicted molar refractivity (Wildman–Crippen MR) is 110 cm³/mol.